The Morgan fingerprint density at radius 2 is 2.16 bits per heavy atom. The molecule has 172 valence electrons. The minimum Gasteiger partial charge on any atom is -0.377 e. The molecule has 0 N–H and O–H groups in total. The number of pyridine rings is 1. The molecule has 3 aromatic rings. The number of hydrogen-bond acceptors (Lipinski definition) is 9. The summed E-state index contributed by atoms with van der Waals surface area (Å²) in [6.45, 7) is 4.74. The van der Waals surface area contributed by atoms with Crippen molar-refractivity contribution in [2.45, 2.75) is 44.2 Å². The molecule has 2 atom stereocenters. The van der Waals surface area contributed by atoms with E-state index in [9.17, 15) is 8.42 Å². The number of fused-ring (bicyclic) bond motifs is 1. The fourth-order valence-corrected chi connectivity index (χ4v) is 6.11. The van der Waals surface area contributed by atoms with Crippen LogP contribution in [0.15, 0.2) is 18.3 Å². The maximum Gasteiger partial charge on any atom is 0.151 e. The summed E-state index contributed by atoms with van der Waals surface area (Å²) in [7, 11) is -3.23. The van der Waals surface area contributed by atoms with Crippen LogP contribution in [0.3, 0.4) is 0 Å². The summed E-state index contributed by atoms with van der Waals surface area (Å²) < 4.78 is 43.3. The van der Waals surface area contributed by atoms with Crippen LogP contribution in [0, 0.1) is 0 Å². The molecular weight excluding hydrogens is 450 g/mol. The van der Waals surface area contributed by atoms with Crippen molar-refractivity contribution in [3.8, 4) is 11.4 Å². The number of anilines is 1. The Labute approximate surface area is 191 Å². The summed E-state index contributed by atoms with van der Waals surface area (Å²) in [6.07, 6.45) is 5.95. The van der Waals surface area contributed by atoms with Gasteiger partial charge in [-0.3, -0.25) is 0 Å². The first-order chi connectivity index (χ1) is 15.4. The third-order valence-corrected chi connectivity index (χ3v) is 7.66. The van der Waals surface area contributed by atoms with Crippen LogP contribution >= 0.6 is 11.5 Å². The van der Waals surface area contributed by atoms with Crippen LogP contribution in [0.25, 0.3) is 21.6 Å². The van der Waals surface area contributed by atoms with E-state index in [2.05, 4.69) is 16.9 Å². The lowest BCUT2D eigenvalue weighted by Gasteiger charge is -2.34. The zero-order valence-corrected chi connectivity index (χ0v) is 19.9. The minimum absolute atomic E-state index is 0.0512. The smallest absolute Gasteiger partial charge is 0.151 e. The molecule has 0 amide bonds. The fraction of sp³-hybridized carbons (Fsp3) is 0.571. The SMILES string of the molecule is C[C@@H]1COCCN1c1cc(CS(C)(=O)=O)c2snc(-c3ccnn3C3CCCCO3)c2n1. The Bertz CT molecular complexity index is 1220. The van der Waals surface area contributed by atoms with Crippen molar-refractivity contribution in [3.05, 3.63) is 23.9 Å². The van der Waals surface area contributed by atoms with Crippen molar-refractivity contribution in [1.82, 2.24) is 19.1 Å². The number of morpholine rings is 1. The van der Waals surface area contributed by atoms with Gasteiger partial charge in [0.15, 0.2) is 16.1 Å². The van der Waals surface area contributed by atoms with Gasteiger partial charge >= 0.3 is 0 Å². The summed E-state index contributed by atoms with van der Waals surface area (Å²) in [5.74, 6) is 0.707. The fourth-order valence-electron chi connectivity index (χ4n) is 4.39. The summed E-state index contributed by atoms with van der Waals surface area (Å²) in [5.41, 5.74) is 3.00. The molecule has 0 radical (unpaired) electrons. The second-order valence-corrected chi connectivity index (χ2v) is 11.4. The molecule has 3 aromatic heterocycles. The van der Waals surface area contributed by atoms with Crippen molar-refractivity contribution in [1.29, 1.82) is 0 Å². The lowest BCUT2D eigenvalue weighted by atomic mass is 10.1. The first kappa shape index (κ1) is 21.7. The monoisotopic (exact) mass is 477 g/mol. The van der Waals surface area contributed by atoms with Gasteiger partial charge in [-0.2, -0.15) is 9.47 Å². The molecule has 0 aromatic carbocycles. The van der Waals surface area contributed by atoms with Gasteiger partial charge in [0, 0.05) is 25.6 Å². The van der Waals surface area contributed by atoms with Gasteiger partial charge in [0.05, 0.1) is 35.4 Å². The molecule has 5 rings (SSSR count). The van der Waals surface area contributed by atoms with E-state index in [4.69, 9.17) is 18.8 Å². The molecule has 0 aliphatic carbocycles. The van der Waals surface area contributed by atoms with E-state index >= 15 is 0 Å². The van der Waals surface area contributed by atoms with Gasteiger partial charge in [-0.25, -0.2) is 18.1 Å². The molecule has 32 heavy (non-hydrogen) atoms. The van der Waals surface area contributed by atoms with Gasteiger partial charge in [0.1, 0.15) is 17.0 Å². The quantitative estimate of drug-likeness (QED) is 0.553. The third-order valence-electron chi connectivity index (χ3n) is 5.91. The van der Waals surface area contributed by atoms with E-state index in [-0.39, 0.29) is 18.0 Å². The summed E-state index contributed by atoms with van der Waals surface area (Å²) >= 11 is 1.29. The van der Waals surface area contributed by atoms with E-state index in [1.165, 1.54) is 17.8 Å². The highest BCUT2D eigenvalue weighted by Crippen LogP contribution is 2.37. The van der Waals surface area contributed by atoms with Crippen molar-refractivity contribution >= 4 is 37.4 Å². The van der Waals surface area contributed by atoms with E-state index in [1.807, 2.05) is 16.8 Å². The maximum atomic E-state index is 12.2. The molecular formula is C21H27N5O4S2. The van der Waals surface area contributed by atoms with Crippen molar-refractivity contribution in [2.75, 3.05) is 37.5 Å². The Morgan fingerprint density at radius 1 is 1.28 bits per heavy atom. The van der Waals surface area contributed by atoms with Gasteiger partial charge in [0.25, 0.3) is 0 Å². The second-order valence-electron chi connectivity index (χ2n) is 8.52. The molecule has 0 spiro atoms. The van der Waals surface area contributed by atoms with E-state index < -0.39 is 9.84 Å². The van der Waals surface area contributed by atoms with Crippen molar-refractivity contribution < 1.29 is 17.9 Å². The van der Waals surface area contributed by atoms with Gasteiger partial charge in [-0.05, 0) is 55.4 Å². The molecule has 11 heteroatoms. The van der Waals surface area contributed by atoms with Crippen LogP contribution in [-0.2, 0) is 25.1 Å². The van der Waals surface area contributed by atoms with Crippen molar-refractivity contribution in [3.63, 3.8) is 0 Å². The highest BCUT2D eigenvalue weighted by Gasteiger charge is 2.26. The van der Waals surface area contributed by atoms with Crippen LogP contribution in [0.5, 0.6) is 0 Å². The number of hydrogen-bond donors (Lipinski definition) is 0. The molecule has 2 aliphatic rings. The van der Waals surface area contributed by atoms with E-state index in [0.29, 0.717) is 31.0 Å². The Hall–Kier alpha value is -2.08. The lowest BCUT2D eigenvalue weighted by molar-refractivity contribution is -0.0383. The molecule has 2 saturated heterocycles. The van der Waals surface area contributed by atoms with Crippen LogP contribution in [0.1, 0.15) is 38.0 Å². The number of sulfone groups is 1. The predicted octanol–water partition coefficient (Wildman–Crippen LogP) is 3.02. The normalized spacial score (nSPS) is 22.5. The molecule has 0 saturated carbocycles. The summed E-state index contributed by atoms with van der Waals surface area (Å²) in [5, 5.41) is 4.51. The van der Waals surface area contributed by atoms with Gasteiger partial charge in [-0.15, -0.1) is 0 Å². The first-order valence-electron chi connectivity index (χ1n) is 10.9. The first-order valence-corrected chi connectivity index (χ1v) is 13.7. The predicted molar refractivity (Wildman–Crippen MR) is 124 cm³/mol. The molecule has 1 unspecified atom stereocenters. The minimum atomic E-state index is -3.23. The Balaban J connectivity index is 1.64. The van der Waals surface area contributed by atoms with E-state index in [0.717, 1.165) is 47.6 Å². The number of ether oxygens (including phenoxy) is 2. The number of aromatic nitrogens is 4. The zero-order chi connectivity index (χ0) is 22.3. The highest BCUT2D eigenvalue weighted by molar-refractivity contribution is 7.89. The number of nitrogens with zero attached hydrogens (tertiary/aromatic N) is 5. The van der Waals surface area contributed by atoms with Gasteiger partial charge in [-0.1, -0.05) is 0 Å². The molecule has 5 heterocycles. The summed E-state index contributed by atoms with van der Waals surface area (Å²) in [4.78, 5) is 7.16. The average molecular weight is 478 g/mol. The largest absolute Gasteiger partial charge is 0.377 e. The summed E-state index contributed by atoms with van der Waals surface area (Å²) in [6, 6.07) is 3.97. The van der Waals surface area contributed by atoms with Crippen LogP contribution < -0.4 is 4.90 Å². The Kier molecular flexibility index (Phi) is 5.91. The number of rotatable bonds is 5. The van der Waals surface area contributed by atoms with Crippen LogP contribution in [0.4, 0.5) is 5.82 Å². The maximum absolute atomic E-state index is 12.2. The van der Waals surface area contributed by atoms with E-state index in [1.54, 1.807) is 6.20 Å². The van der Waals surface area contributed by atoms with Crippen molar-refractivity contribution in [2.24, 2.45) is 0 Å². The lowest BCUT2D eigenvalue weighted by Crippen LogP contribution is -2.44. The molecule has 2 aliphatic heterocycles. The molecule has 9 nitrogen and oxygen atoms in total. The third kappa shape index (κ3) is 4.26. The van der Waals surface area contributed by atoms with Crippen LogP contribution in [-0.4, -0.2) is 66.2 Å². The second kappa shape index (κ2) is 8.69. The van der Waals surface area contributed by atoms with Gasteiger partial charge in [0.2, 0.25) is 0 Å². The average Bonchev–Trinajstić information content (AvgIpc) is 3.40. The molecule has 2 fully saturated rings. The highest BCUT2D eigenvalue weighted by atomic mass is 32.2. The standard InChI is InChI=1S/C21H27N5O4S2/c1-14-12-29-10-8-25(14)17-11-15(13-32(2,27)28)21-20(23-17)19(24-31-21)16-6-7-22-26(16)18-5-3-4-9-30-18/h6-7,11,14,18H,3-5,8-10,12-13H2,1-2H3/t14-,18?/m1/s1. The van der Waals surface area contributed by atoms with Gasteiger partial charge < -0.3 is 14.4 Å². The zero-order valence-electron chi connectivity index (χ0n) is 18.2. The topological polar surface area (TPSA) is 99.4 Å². The molecule has 0 bridgehead atoms. The van der Waals surface area contributed by atoms with Crippen LogP contribution in [0.2, 0.25) is 0 Å². The Morgan fingerprint density at radius 3 is 2.91 bits per heavy atom.